The third-order valence-electron chi connectivity index (χ3n) is 3.82. The Morgan fingerprint density at radius 3 is 2.64 bits per heavy atom. The van der Waals surface area contributed by atoms with Crippen molar-refractivity contribution in [3.8, 4) is 0 Å². The van der Waals surface area contributed by atoms with Crippen molar-refractivity contribution in [1.82, 2.24) is 4.98 Å². The van der Waals surface area contributed by atoms with Gasteiger partial charge in [-0.15, -0.1) is 0 Å². The number of anilines is 1. The molecule has 4 heteroatoms. The molecule has 2 heterocycles. The van der Waals surface area contributed by atoms with E-state index in [-0.39, 0.29) is 12.5 Å². The highest BCUT2D eigenvalue weighted by molar-refractivity contribution is 6.18. The number of pyridine rings is 1. The predicted octanol–water partition coefficient (Wildman–Crippen LogP) is 2.85. The Balaban J connectivity index is 2.17. The summed E-state index contributed by atoms with van der Waals surface area (Å²) < 4.78 is 0. The molecule has 0 saturated heterocycles. The molecule has 1 aliphatic heterocycles. The van der Waals surface area contributed by atoms with Crippen molar-refractivity contribution in [3.63, 3.8) is 0 Å². The van der Waals surface area contributed by atoms with Crippen LogP contribution >= 0.6 is 0 Å². The molecule has 1 aromatic carbocycles. The number of likely N-dealkylation sites (N-methyl/N-ethyl adjacent to an activating group) is 1. The summed E-state index contributed by atoms with van der Waals surface area (Å²) in [5.41, 5.74) is 4.45. The summed E-state index contributed by atoms with van der Waals surface area (Å²) >= 11 is 0. The number of hydrogen-bond donors (Lipinski definition) is 0. The van der Waals surface area contributed by atoms with Crippen LogP contribution in [0.4, 0.5) is 5.69 Å². The lowest BCUT2D eigenvalue weighted by Gasteiger charge is -2.18. The maximum absolute atomic E-state index is 12.2. The zero-order chi connectivity index (χ0) is 15.5. The summed E-state index contributed by atoms with van der Waals surface area (Å²) in [4.78, 5) is 23.1. The van der Waals surface area contributed by atoms with Gasteiger partial charge in [0.25, 0.3) is 0 Å². The van der Waals surface area contributed by atoms with Gasteiger partial charge in [0, 0.05) is 18.3 Å². The zero-order valence-corrected chi connectivity index (χ0v) is 12.9. The number of benzene rings is 1. The van der Waals surface area contributed by atoms with Gasteiger partial charge in [-0.3, -0.25) is 9.79 Å². The maximum Gasteiger partial charge on any atom is 0.248 e. The van der Waals surface area contributed by atoms with E-state index in [1.165, 1.54) is 0 Å². The van der Waals surface area contributed by atoms with Crippen LogP contribution in [-0.2, 0) is 11.2 Å². The van der Waals surface area contributed by atoms with Crippen LogP contribution < -0.4 is 4.90 Å². The van der Waals surface area contributed by atoms with Gasteiger partial charge < -0.3 is 4.90 Å². The first kappa shape index (κ1) is 14.4. The van der Waals surface area contributed by atoms with Crippen LogP contribution in [0, 0.1) is 0 Å². The van der Waals surface area contributed by atoms with Gasteiger partial charge >= 0.3 is 0 Å². The van der Waals surface area contributed by atoms with Crippen molar-refractivity contribution in [2.24, 2.45) is 4.99 Å². The summed E-state index contributed by atoms with van der Waals surface area (Å²) in [6, 6.07) is 13.9. The Hall–Kier alpha value is -2.49. The second-order valence-electron chi connectivity index (χ2n) is 5.40. The molecule has 0 aliphatic carbocycles. The fraction of sp³-hybridized carbons (Fsp3) is 0.278. The molecule has 0 fully saturated rings. The van der Waals surface area contributed by atoms with E-state index in [4.69, 9.17) is 4.98 Å². The van der Waals surface area contributed by atoms with Crippen molar-refractivity contribution < 1.29 is 4.79 Å². The molecule has 22 heavy (non-hydrogen) atoms. The molecule has 3 rings (SSSR count). The molecule has 0 saturated carbocycles. The number of aliphatic imine (C=N–C) groups is 1. The zero-order valence-electron chi connectivity index (χ0n) is 12.9. The van der Waals surface area contributed by atoms with Crippen molar-refractivity contribution in [1.29, 1.82) is 0 Å². The van der Waals surface area contributed by atoms with E-state index in [0.29, 0.717) is 0 Å². The third kappa shape index (κ3) is 2.64. The Bertz CT molecular complexity index is 722. The van der Waals surface area contributed by atoms with Gasteiger partial charge in [-0.1, -0.05) is 43.7 Å². The number of nitrogens with zero attached hydrogens (tertiary/aromatic N) is 3. The lowest BCUT2D eigenvalue weighted by atomic mass is 10.0. The molecule has 1 aliphatic rings. The molecule has 0 atom stereocenters. The number of fused-ring (bicyclic) bond motifs is 1. The summed E-state index contributed by atoms with van der Waals surface area (Å²) in [6.45, 7) is 2.29. The smallest absolute Gasteiger partial charge is 0.248 e. The highest BCUT2D eigenvalue weighted by Gasteiger charge is 2.23. The quantitative estimate of drug-likeness (QED) is 0.873. The van der Waals surface area contributed by atoms with Crippen LogP contribution in [0.25, 0.3) is 0 Å². The SMILES string of the molecule is CCCc1ccc2c(n1)C(c1ccccc1)=NCC(=O)N2C. The van der Waals surface area contributed by atoms with E-state index in [1.807, 2.05) is 42.5 Å². The van der Waals surface area contributed by atoms with E-state index in [9.17, 15) is 4.79 Å². The topological polar surface area (TPSA) is 45.6 Å². The van der Waals surface area contributed by atoms with Gasteiger partial charge in [0.1, 0.15) is 12.2 Å². The summed E-state index contributed by atoms with van der Waals surface area (Å²) in [7, 11) is 1.78. The molecular formula is C18H19N3O. The summed E-state index contributed by atoms with van der Waals surface area (Å²) in [5, 5.41) is 0. The minimum Gasteiger partial charge on any atom is -0.312 e. The van der Waals surface area contributed by atoms with Crippen molar-refractivity contribution in [3.05, 3.63) is 59.4 Å². The molecule has 112 valence electrons. The van der Waals surface area contributed by atoms with Crippen LogP contribution in [0.3, 0.4) is 0 Å². The molecule has 1 amide bonds. The van der Waals surface area contributed by atoms with E-state index in [0.717, 1.165) is 41.2 Å². The number of aromatic nitrogens is 1. The average molecular weight is 293 g/mol. The monoisotopic (exact) mass is 293 g/mol. The Kier molecular flexibility index (Phi) is 4.00. The Labute approximate surface area is 130 Å². The van der Waals surface area contributed by atoms with Crippen LogP contribution in [0.15, 0.2) is 47.5 Å². The molecule has 0 radical (unpaired) electrons. The minimum absolute atomic E-state index is 0.0165. The Morgan fingerprint density at radius 1 is 1.14 bits per heavy atom. The van der Waals surface area contributed by atoms with Gasteiger partial charge in [0.2, 0.25) is 5.91 Å². The average Bonchev–Trinajstić information content (AvgIpc) is 2.67. The fourth-order valence-corrected chi connectivity index (χ4v) is 2.62. The second kappa shape index (κ2) is 6.10. The fourth-order valence-electron chi connectivity index (χ4n) is 2.62. The molecular weight excluding hydrogens is 274 g/mol. The van der Waals surface area contributed by atoms with Crippen LogP contribution in [0.1, 0.15) is 30.3 Å². The van der Waals surface area contributed by atoms with Crippen LogP contribution in [-0.4, -0.2) is 30.2 Å². The lowest BCUT2D eigenvalue weighted by Crippen LogP contribution is -2.28. The van der Waals surface area contributed by atoms with E-state index < -0.39 is 0 Å². The molecule has 4 nitrogen and oxygen atoms in total. The minimum atomic E-state index is -0.0165. The highest BCUT2D eigenvalue weighted by atomic mass is 16.2. The van der Waals surface area contributed by atoms with Gasteiger partial charge in [-0.05, 0) is 18.6 Å². The highest BCUT2D eigenvalue weighted by Crippen LogP contribution is 2.25. The number of carbonyl (C=O) groups is 1. The number of hydrogen-bond acceptors (Lipinski definition) is 3. The first-order valence-electron chi connectivity index (χ1n) is 7.57. The first-order valence-corrected chi connectivity index (χ1v) is 7.57. The summed E-state index contributed by atoms with van der Waals surface area (Å²) in [6.07, 6.45) is 1.96. The molecule has 0 spiro atoms. The Morgan fingerprint density at radius 2 is 1.91 bits per heavy atom. The van der Waals surface area contributed by atoms with Gasteiger partial charge in [0.05, 0.1) is 11.4 Å². The van der Waals surface area contributed by atoms with Crippen LogP contribution in [0.5, 0.6) is 0 Å². The molecule has 1 aromatic heterocycles. The molecule has 0 unspecified atom stereocenters. The largest absolute Gasteiger partial charge is 0.312 e. The summed E-state index contributed by atoms with van der Waals surface area (Å²) in [5.74, 6) is -0.0165. The number of aryl methyl sites for hydroxylation is 1. The molecule has 0 N–H and O–H groups in total. The second-order valence-corrected chi connectivity index (χ2v) is 5.40. The number of rotatable bonds is 3. The van der Waals surface area contributed by atoms with Crippen molar-refractivity contribution >= 4 is 17.3 Å². The standard InChI is InChI=1S/C18H19N3O/c1-3-7-14-10-11-15-18(20-14)17(13-8-5-4-6-9-13)19-12-16(22)21(15)2/h4-6,8-11H,3,7,12H2,1-2H3. The molecule has 2 aromatic rings. The predicted molar refractivity (Wildman–Crippen MR) is 88.6 cm³/mol. The number of carbonyl (C=O) groups excluding carboxylic acids is 1. The van der Waals surface area contributed by atoms with E-state index in [2.05, 4.69) is 11.9 Å². The van der Waals surface area contributed by atoms with Gasteiger partial charge in [-0.2, -0.15) is 0 Å². The maximum atomic E-state index is 12.2. The van der Waals surface area contributed by atoms with E-state index in [1.54, 1.807) is 11.9 Å². The van der Waals surface area contributed by atoms with Crippen molar-refractivity contribution in [2.75, 3.05) is 18.5 Å². The normalized spacial score (nSPS) is 14.4. The van der Waals surface area contributed by atoms with Crippen molar-refractivity contribution in [2.45, 2.75) is 19.8 Å². The van der Waals surface area contributed by atoms with Crippen LogP contribution in [0.2, 0.25) is 0 Å². The van der Waals surface area contributed by atoms with Gasteiger partial charge in [-0.25, -0.2) is 4.98 Å². The molecule has 0 bridgehead atoms. The lowest BCUT2D eigenvalue weighted by molar-refractivity contribution is -0.116. The third-order valence-corrected chi connectivity index (χ3v) is 3.82. The van der Waals surface area contributed by atoms with Gasteiger partial charge in [0.15, 0.2) is 0 Å². The van der Waals surface area contributed by atoms with E-state index >= 15 is 0 Å². The first-order chi connectivity index (χ1) is 10.7. The number of amides is 1.